The van der Waals surface area contributed by atoms with Crippen LogP contribution in [0.25, 0.3) is 0 Å². The summed E-state index contributed by atoms with van der Waals surface area (Å²) < 4.78 is 11.2. The number of ketones is 2. The average molecular weight is 519 g/mol. The molecule has 3 N–H and O–H groups in total. The highest BCUT2D eigenvalue weighted by atomic mass is 35.5. The van der Waals surface area contributed by atoms with E-state index in [4.69, 9.17) is 20.8 Å². The topological polar surface area (TPSA) is 134 Å². The van der Waals surface area contributed by atoms with Crippen LogP contribution in [0.3, 0.4) is 0 Å². The Morgan fingerprint density at radius 1 is 1.22 bits per heavy atom. The van der Waals surface area contributed by atoms with Crippen molar-refractivity contribution >= 4 is 29.1 Å². The third-order valence-electron chi connectivity index (χ3n) is 9.74. The van der Waals surface area contributed by atoms with Crippen molar-refractivity contribution in [2.24, 2.45) is 28.6 Å². The van der Waals surface area contributed by atoms with Crippen molar-refractivity contribution in [3.05, 3.63) is 48.0 Å². The maximum Gasteiger partial charge on any atom is 0.375 e. The van der Waals surface area contributed by atoms with Crippen LogP contribution in [0.15, 0.2) is 46.6 Å². The number of aliphatic hydroxyl groups excluding tert-OH is 3. The normalized spacial score (nSPS) is 45.4. The number of aliphatic hydroxyl groups is 3. The summed E-state index contributed by atoms with van der Waals surface area (Å²) in [5, 5.41) is 32.9. The minimum absolute atomic E-state index is 0.0138. The van der Waals surface area contributed by atoms with Crippen LogP contribution in [0.2, 0.25) is 0 Å². The third kappa shape index (κ3) is 2.96. The number of ether oxygens (including phenoxy) is 1. The SMILES string of the molecule is C[C@@H]1C[C@H]2[C@@H]3C[C@@H](O)C4=CC(=O)C=C[C@]4(C)[C@@]3(Cl)[C@@H](O)C[C@]2(C)[C@@]1(OC(=O)c1ccco1)C(=O)CO. The summed E-state index contributed by atoms with van der Waals surface area (Å²) in [6, 6.07) is 2.96. The molecule has 0 aliphatic heterocycles. The van der Waals surface area contributed by atoms with E-state index in [9.17, 15) is 29.7 Å². The summed E-state index contributed by atoms with van der Waals surface area (Å²) in [6.07, 6.45) is 4.25. The molecule has 36 heavy (non-hydrogen) atoms. The summed E-state index contributed by atoms with van der Waals surface area (Å²) in [7, 11) is 0. The molecule has 5 rings (SSSR count). The number of alkyl halides is 1. The quantitative estimate of drug-likeness (QED) is 0.409. The summed E-state index contributed by atoms with van der Waals surface area (Å²) in [5.41, 5.74) is -3.37. The van der Waals surface area contributed by atoms with Gasteiger partial charge >= 0.3 is 5.97 Å². The molecule has 0 bridgehead atoms. The number of Topliss-reactive ketones (excluding diaryl/α,β-unsaturated/α-hetero) is 1. The van der Waals surface area contributed by atoms with Crippen LogP contribution in [-0.2, 0) is 14.3 Å². The highest BCUT2D eigenvalue weighted by molar-refractivity contribution is 6.26. The Kier molecular flexibility index (Phi) is 5.73. The molecule has 8 nitrogen and oxygen atoms in total. The van der Waals surface area contributed by atoms with E-state index in [0.717, 1.165) is 0 Å². The van der Waals surface area contributed by atoms with E-state index in [0.29, 0.717) is 12.0 Å². The van der Waals surface area contributed by atoms with Crippen molar-refractivity contribution in [2.75, 3.05) is 6.61 Å². The Bertz CT molecular complexity index is 1170. The molecule has 4 aliphatic rings. The van der Waals surface area contributed by atoms with E-state index < -0.39 is 63.7 Å². The van der Waals surface area contributed by atoms with Crippen LogP contribution in [-0.4, -0.2) is 62.1 Å². The number of halogens is 1. The van der Waals surface area contributed by atoms with Crippen LogP contribution >= 0.6 is 11.6 Å². The number of furan rings is 1. The predicted octanol–water partition coefficient (Wildman–Crippen LogP) is 2.59. The zero-order valence-electron chi connectivity index (χ0n) is 20.4. The van der Waals surface area contributed by atoms with Crippen molar-refractivity contribution in [2.45, 2.75) is 62.7 Å². The summed E-state index contributed by atoms with van der Waals surface area (Å²) in [6.45, 7) is 4.56. The number of rotatable bonds is 4. The van der Waals surface area contributed by atoms with E-state index in [1.54, 1.807) is 19.9 Å². The zero-order valence-corrected chi connectivity index (χ0v) is 21.2. The fourth-order valence-electron chi connectivity index (χ4n) is 8.14. The number of esters is 1. The molecule has 0 saturated heterocycles. The molecule has 0 radical (unpaired) electrons. The number of fused-ring (bicyclic) bond motifs is 5. The Morgan fingerprint density at radius 2 is 1.94 bits per heavy atom. The number of hydrogen-bond donors (Lipinski definition) is 3. The van der Waals surface area contributed by atoms with E-state index in [2.05, 4.69) is 0 Å². The van der Waals surface area contributed by atoms with E-state index in [1.165, 1.54) is 30.5 Å². The molecule has 4 aliphatic carbocycles. The predicted molar refractivity (Wildman–Crippen MR) is 128 cm³/mol. The van der Waals surface area contributed by atoms with Gasteiger partial charge in [0.1, 0.15) is 6.61 Å². The lowest BCUT2D eigenvalue weighted by atomic mass is 9.45. The first-order valence-corrected chi connectivity index (χ1v) is 12.7. The summed E-state index contributed by atoms with van der Waals surface area (Å²) >= 11 is 7.40. The van der Waals surface area contributed by atoms with Crippen molar-refractivity contribution in [3.8, 4) is 0 Å². The van der Waals surface area contributed by atoms with Crippen LogP contribution in [0.4, 0.5) is 0 Å². The lowest BCUT2D eigenvalue weighted by Crippen LogP contribution is -2.70. The molecular weight excluding hydrogens is 488 g/mol. The Hall–Kier alpha value is -2.26. The molecule has 9 heteroatoms. The maximum atomic E-state index is 13.5. The van der Waals surface area contributed by atoms with Gasteiger partial charge in [0.05, 0.1) is 23.3 Å². The van der Waals surface area contributed by atoms with Gasteiger partial charge in [0.2, 0.25) is 11.5 Å². The van der Waals surface area contributed by atoms with Gasteiger partial charge in [-0.3, -0.25) is 9.59 Å². The van der Waals surface area contributed by atoms with Crippen molar-refractivity contribution in [3.63, 3.8) is 0 Å². The minimum atomic E-state index is -1.74. The second-order valence-electron chi connectivity index (χ2n) is 11.2. The van der Waals surface area contributed by atoms with Crippen molar-refractivity contribution in [1.82, 2.24) is 0 Å². The zero-order chi connectivity index (χ0) is 26.3. The Morgan fingerprint density at radius 3 is 2.58 bits per heavy atom. The third-order valence-corrected chi connectivity index (χ3v) is 10.7. The first-order chi connectivity index (χ1) is 16.9. The second-order valence-corrected chi connectivity index (χ2v) is 11.9. The first-order valence-electron chi connectivity index (χ1n) is 12.3. The molecule has 0 aromatic carbocycles. The lowest BCUT2D eigenvalue weighted by Gasteiger charge is -2.64. The molecule has 0 spiro atoms. The molecule has 3 fully saturated rings. The molecule has 1 heterocycles. The van der Waals surface area contributed by atoms with Crippen LogP contribution in [0.1, 0.15) is 50.6 Å². The summed E-state index contributed by atoms with van der Waals surface area (Å²) in [5.74, 6) is -3.14. The van der Waals surface area contributed by atoms with Gasteiger partial charge < -0.3 is 24.5 Å². The van der Waals surface area contributed by atoms with Gasteiger partial charge in [-0.2, -0.15) is 0 Å². The molecule has 194 valence electrons. The van der Waals surface area contributed by atoms with Gasteiger partial charge in [-0.15, -0.1) is 11.6 Å². The average Bonchev–Trinajstić information content (AvgIpc) is 3.44. The van der Waals surface area contributed by atoms with E-state index in [1.807, 2.05) is 6.92 Å². The van der Waals surface area contributed by atoms with Gasteiger partial charge in [-0.05, 0) is 61.0 Å². The molecule has 0 unspecified atom stereocenters. The standard InChI is InChI=1S/C27H31ClO8/c1-14-9-16-17-11-19(31)18-10-15(30)6-7-24(18,2)26(17,28)21(32)12-25(16,3)27(14,22(33)13-29)36-23(34)20-5-4-8-35-20/h4-8,10,14,16-17,19,21,29,31-32H,9,11-13H2,1-3H3/t14-,16+,17+,19-,21+,24+,25+,26+,27+/m1/s1. The van der Waals surface area contributed by atoms with E-state index >= 15 is 0 Å². The smallest absolute Gasteiger partial charge is 0.375 e. The van der Waals surface area contributed by atoms with Gasteiger partial charge in [-0.25, -0.2) is 4.79 Å². The first kappa shape index (κ1) is 25.4. The largest absolute Gasteiger partial charge is 0.457 e. The van der Waals surface area contributed by atoms with Gasteiger partial charge in [0.25, 0.3) is 0 Å². The Labute approximate surface area is 214 Å². The van der Waals surface area contributed by atoms with Crippen molar-refractivity contribution in [1.29, 1.82) is 0 Å². The van der Waals surface area contributed by atoms with Crippen LogP contribution in [0.5, 0.6) is 0 Å². The fraction of sp³-hybridized carbons (Fsp3) is 0.593. The highest BCUT2D eigenvalue weighted by Crippen LogP contribution is 2.72. The van der Waals surface area contributed by atoms with E-state index in [-0.39, 0.29) is 30.3 Å². The fourth-order valence-corrected chi connectivity index (χ4v) is 8.64. The van der Waals surface area contributed by atoms with Crippen LogP contribution < -0.4 is 0 Å². The molecule has 0 amide bonds. The number of carbonyl (C=O) groups is 3. The lowest BCUT2D eigenvalue weighted by molar-refractivity contribution is -0.183. The molecular formula is C27H31ClO8. The van der Waals surface area contributed by atoms with Gasteiger partial charge in [-0.1, -0.05) is 26.8 Å². The molecule has 1 aromatic heterocycles. The number of allylic oxidation sites excluding steroid dienone is 3. The maximum absolute atomic E-state index is 13.5. The minimum Gasteiger partial charge on any atom is -0.457 e. The van der Waals surface area contributed by atoms with Gasteiger partial charge in [0, 0.05) is 16.7 Å². The van der Waals surface area contributed by atoms with Crippen LogP contribution in [0, 0.1) is 28.6 Å². The van der Waals surface area contributed by atoms with Gasteiger partial charge in [0.15, 0.2) is 11.4 Å². The second kappa shape index (κ2) is 8.12. The summed E-state index contributed by atoms with van der Waals surface area (Å²) in [4.78, 5) is 37.4. The molecule has 9 atom stereocenters. The highest BCUT2D eigenvalue weighted by Gasteiger charge is 2.77. The number of hydrogen-bond acceptors (Lipinski definition) is 8. The molecule has 1 aromatic rings. The number of carbonyl (C=O) groups excluding carboxylic acids is 3. The monoisotopic (exact) mass is 518 g/mol. The Balaban J connectivity index is 1.64. The van der Waals surface area contributed by atoms with Crippen molar-refractivity contribution < 1.29 is 38.9 Å². The molecule has 3 saturated carbocycles.